The quantitative estimate of drug-likeness (QED) is 0.200. The molecule has 7 heteroatoms. The Morgan fingerprint density at radius 2 is 1.47 bits per heavy atom. The number of rotatable bonds is 11. The summed E-state index contributed by atoms with van der Waals surface area (Å²) in [6.07, 6.45) is 3.71. The van der Waals surface area contributed by atoms with Gasteiger partial charge >= 0.3 is 6.18 Å². The summed E-state index contributed by atoms with van der Waals surface area (Å²) in [5, 5.41) is 19.4. The van der Waals surface area contributed by atoms with Crippen LogP contribution in [0.1, 0.15) is 88.3 Å². The van der Waals surface area contributed by atoms with Gasteiger partial charge in [-0.15, -0.1) is 15.0 Å². The molecule has 202 valence electrons. The van der Waals surface area contributed by atoms with Crippen LogP contribution in [0.4, 0.5) is 13.2 Å². The third-order valence-electron chi connectivity index (χ3n) is 7.56. The van der Waals surface area contributed by atoms with E-state index in [1.54, 1.807) is 6.07 Å². The summed E-state index contributed by atoms with van der Waals surface area (Å²) in [4.78, 5) is 1.24. The number of alkyl halides is 3. The zero-order valence-electron chi connectivity index (χ0n) is 22.3. The molecule has 4 rings (SSSR count). The summed E-state index contributed by atoms with van der Waals surface area (Å²) in [5.41, 5.74) is 2.10. The summed E-state index contributed by atoms with van der Waals surface area (Å²) >= 11 is 0. The molecule has 38 heavy (non-hydrogen) atoms. The van der Waals surface area contributed by atoms with Gasteiger partial charge in [0.25, 0.3) is 0 Å². The highest BCUT2D eigenvalue weighted by Gasteiger charge is 2.33. The molecule has 0 aliphatic carbocycles. The average Bonchev–Trinajstić information content (AvgIpc) is 3.32. The van der Waals surface area contributed by atoms with Crippen LogP contribution < -0.4 is 0 Å². The Labute approximate surface area is 222 Å². The van der Waals surface area contributed by atoms with Crippen molar-refractivity contribution in [2.75, 3.05) is 0 Å². The van der Waals surface area contributed by atoms with Gasteiger partial charge < -0.3 is 5.11 Å². The smallest absolute Gasteiger partial charge is 0.416 e. The SMILES string of the molecule is CCCCCCCCC(c1ccc(O)c(-n2nc3ccc(C(F)(F)F)cc3n2)c1)C(C)(C)c1ccccc1. The summed E-state index contributed by atoms with van der Waals surface area (Å²) < 4.78 is 39.6. The topological polar surface area (TPSA) is 50.9 Å². The Bertz CT molecular complexity index is 1350. The average molecular weight is 524 g/mol. The van der Waals surface area contributed by atoms with Crippen LogP contribution in [0, 0.1) is 0 Å². The Balaban J connectivity index is 1.69. The van der Waals surface area contributed by atoms with Crippen LogP contribution in [0.3, 0.4) is 0 Å². The Morgan fingerprint density at radius 1 is 0.789 bits per heavy atom. The van der Waals surface area contributed by atoms with Crippen LogP contribution >= 0.6 is 0 Å². The fourth-order valence-electron chi connectivity index (χ4n) is 5.26. The molecule has 0 aliphatic rings. The van der Waals surface area contributed by atoms with Crippen molar-refractivity contribution in [1.82, 2.24) is 15.0 Å². The molecule has 1 N–H and O–H groups in total. The van der Waals surface area contributed by atoms with E-state index in [1.165, 1.54) is 48.5 Å². The number of hydrogen-bond acceptors (Lipinski definition) is 3. The normalized spacial score (nSPS) is 13.2. The van der Waals surface area contributed by atoms with Crippen LogP contribution in [0.2, 0.25) is 0 Å². The van der Waals surface area contributed by atoms with Gasteiger partial charge in [0, 0.05) is 0 Å². The minimum absolute atomic E-state index is 0.0269. The van der Waals surface area contributed by atoms with Gasteiger partial charge in [0.1, 0.15) is 22.5 Å². The molecule has 0 aliphatic heterocycles. The van der Waals surface area contributed by atoms with Crippen molar-refractivity contribution in [3.63, 3.8) is 0 Å². The lowest BCUT2D eigenvalue weighted by Crippen LogP contribution is -2.27. The number of hydrogen-bond donors (Lipinski definition) is 1. The molecule has 0 fully saturated rings. The van der Waals surface area contributed by atoms with E-state index in [0.717, 1.165) is 30.5 Å². The molecule has 4 aromatic rings. The number of aromatic nitrogens is 3. The van der Waals surface area contributed by atoms with Crippen LogP contribution in [-0.2, 0) is 11.6 Å². The molecule has 3 aromatic carbocycles. The van der Waals surface area contributed by atoms with Crippen LogP contribution in [0.25, 0.3) is 16.7 Å². The lowest BCUT2D eigenvalue weighted by Gasteiger charge is -2.36. The van der Waals surface area contributed by atoms with Crippen molar-refractivity contribution in [3.05, 3.63) is 83.4 Å². The second kappa shape index (κ2) is 11.6. The van der Waals surface area contributed by atoms with Gasteiger partial charge in [-0.2, -0.15) is 13.2 Å². The monoisotopic (exact) mass is 523 g/mol. The van der Waals surface area contributed by atoms with Crippen molar-refractivity contribution >= 4 is 11.0 Å². The lowest BCUT2D eigenvalue weighted by atomic mass is 9.68. The Hall–Kier alpha value is -3.35. The first kappa shape index (κ1) is 27.7. The van der Waals surface area contributed by atoms with E-state index in [9.17, 15) is 18.3 Å². The molecule has 0 spiro atoms. The molecular weight excluding hydrogens is 487 g/mol. The maximum absolute atomic E-state index is 13.2. The summed E-state index contributed by atoms with van der Waals surface area (Å²) in [6.45, 7) is 6.71. The zero-order valence-corrected chi connectivity index (χ0v) is 22.3. The molecule has 0 radical (unpaired) electrons. The van der Waals surface area contributed by atoms with Crippen molar-refractivity contribution < 1.29 is 18.3 Å². The highest BCUT2D eigenvalue weighted by Crippen LogP contribution is 2.43. The predicted octanol–water partition coefficient (Wildman–Crippen LogP) is 8.96. The minimum atomic E-state index is -4.47. The minimum Gasteiger partial charge on any atom is -0.506 e. The highest BCUT2D eigenvalue weighted by atomic mass is 19.4. The van der Waals surface area contributed by atoms with Crippen molar-refractivity contribution in [1.29, 1.82) is 0 Å². The molecular formula is C31H36F3N3O. The van der Waals surface area contributed by atoms with E-state index in [1.807, 2.05) is 18.2 Å². The first-order valence-corrected chi connectivity index (χ1v) is 13.4. The fraction of sp³-hybridized carbons (Fsp3) is 0.419. The predicted molar refractivity (Wildman–Crippen MR) is 146 cm³/mol. The zero-order chi connectivity index (χ0) is 27.3. The second-order valence-electron chi connectivity index (χ2n) is 10.6. The summed E-state index contributed by atoms with van der Waals surface area (Å²) in [7, 11) is 0. The fourth-order valence-corrected chi connectivity index (χ4v) is 5.26. The molecule has 0 saturated carbocycles. The van der Waals surface area contributed by atoms with E-state index in [2.05, 4.69) is 55.2 Å². The maximum Gasteiger partial charge on any atom is 0.416 e. The third kappa shape index (κ3) is 6.20. The number of aromatic hydroxyl groups is 1. The van der Waals surface area contributed by atoms with E-state index in [-0.39, 0.29) is 22.6 Å². The largest absolute Gasteiger partial charge is 0.506 e. The Morgan fingerprint density at radius 3 is 2.18 bits per heavy atom. The highest BCUT2D eigenvalue weighted by molar-refractivity contribution is 5.75. The van der Waals surface area contributed by atoms with Crippen LogP contribution in [0.15, 0.2) is 66.7 Å². The summed E-state index contributed by atoms with van der Waals surface area (Å²) in [5.74, 6) is 0.123. The molecule has 1 heterocycles. The molecule has 1 aromatic heterocycles. The van der Waals surface area contributed by atoms with Gasteiger partial charge in [0.2, 0.25) is 0 Å². The van der Waals surface area contributed by atoms with Crippen molar-refractivity contribution in [2.45, 2.75) is 83.2 Å². The second-order valence-corrected chi connectivity index (χ2v) is 10.6. The van der Waals surface area contributed by atoms with Crippen molar-refractivity contribution in [3.8, 4) is 11.4 Å². The first-order valence-electron chi connectivity index (χ1n) is 13.4. The van der Waals surface area contributed by atoms with Gasteiger partial charge in [0.05, 0.1) is 5.56 Å². The number of nitrogens with zero attached hydrogens (tertiary/aromatic N) is 3. The van der Waals surface area contributed by atoms with Crippen molar-refractivity contribution in [2.24, 2.45) is 0 Å². The third-order valence-corrected chi connectivity index (χ3v) is 7.56. The number of phenolic OH excluding ortho intramolecular Hbond substituents is 1. The maximum atomic E-state index is 13.2. The van der Waals surface area contributed by atoms with E-state index >= 15 is 0 Å². The lowest BCUT2D eigenvalue weighted by molar-refractivity contribution is -0.137. The molecule has 0 amide bonds. The first-order chi connectivity index (χ1) is 18.1. The van der Waals surface area contributed by atoms with Crippen LogP contribution in [-0.4, -0.2) is 20.1 Å². The molecule has 0 bridgehead atoms. The number of fused-ring (bicyclic) bond motifs is 1. The van der Waals surface area contributed by atoms with Gasteiger partial charge in [-0.25, -0.2) is 0 Å². The Kier molecular flexibility index (Phi) is 8.44. The van der Waals surface area contributed by atoms with Gasteiger partial charge in [0.15, 0.2) is 0 Å². The number of halogens is 3. The standard InChI is InChI=1S/C31H36F3N3O/c1-4-5-6-7-8-12-15-25(30(2,3)23-13-10-9-11-14-23)22-16-19-29(38)28(20-22)37-35-26-18-17-24(31(32,33)34)21-27(26)36-37/h9-11,13-14,16-21,25,38H,4-8,12,15H2,1-3H3. The molecule has 0 saturated heterocycles. The number of benzene rings is 3. The molecule has 1 unspecified atom stereocenters. The van der Waals surface area contributed by atoms with Gasteiger partial charge in [-0.3, -0.25) is 0 Å². The van der Waals surface area contributed by atoms with Crippen LogP contribution in [0.5, 0.6) is 5.75 Å². The molecule has 1 atom stereocenters. The summed E-state index contributed by atoms with van der Waals surface area (Å²) in [6, 6.07) is 19.2. The van der Waals surface area contributed by atoms with E-state index in [0.29, 0.717) is 11.2 Å². The van der Waals surface area contributed by atoms with E-state index in [4.69, 9.17) is 0 Å². The number of phenols is 1. The number of unbranched alkanes of at least 4 members (excludes halogenated alkanes) is 5. The van der Waals surface area contributed by atoms with Gasteiger partial charge in [-0.05, 0) is 59.2 Å². The molecule has 4 nitrogen and oxygen atoms in total. The van der Waals surface area contributed by atoms with E-state index < -0.39 is 11.7 Å². The van der Waals surface area contributed by atoms with Gasteiger partial charge in [-0.1, -0.05) is 95.7 Å².